The Bertz CT molecular complexity index is 338. The molecule has 96 valence electrons. The van der Waals surface area contributed by atoms with Crippen LogP contribution >= 0.6 is 0 Å². The Morgan fingerprint density at radius 1 is 1.47 bits per heavy atom. The van der Waals surface area contributed by atoms with E-state index in [9.17, 15) is 4.79 Å². The van der Waals surface area contributed by atoms with Crippen molar-refractivity contribution in [3.8, 4) is 0 Å². The van der Waals surface area contributed by atoms with Crippen molar-refractivity contribution in [2.24, 2.45) is 0 Å². The van der Waals surface area contributed by atoms with Gasteiger partial charge in [0, 0.05) is 20.9 Å². The molecule has 0 aliphatic rings. The molecule has 3 nitrogen and oxygen atoms in total. The molecule has 17 heavy (non-hydrogen) atoms. The molecule has 0 aliphatic heterocycles. The molecule has 1 atom stereocenters. The van der Waals surface area contributed by atoms with Crippen molar-refractivity contribution in [1.82, 2.24) is 0 Å². The largest absolute Gasteiger partial charge is 0.469 e. The van der Waals surface area contributed by atoms with Crippen molar-refractivity contribution in [2.45, 2.75) is 44.9 Å². The Kier molecular flexibility index (Phi) is 4.99. The Morgan fingerprint density at radius 3 is 2.65 bits per heavy atom. The van der Waals surface area contributed by atoms with Gasteiger partial charge in [0.25, 0.3) is 0 Å². The van der Waals surface area contributed by atoms with E-state index in [0.29, 0.717) is 18.6 Å². The van der Waals surface area contributed by atoms with Gasteiger partial charge in [0.2, 0.25) is 0 Å². The van der Waals surface area contributed by atoms with Crippen LogP contribution in [0.25, 0.3) is 0 Å². The zero-order valence-electron chi connectivity index (χ0n) is 11.2. The van der Waals surface area contributed by atoms with Crippen LogP contribution in [0.1, 0.15) is 19.1 Å². The highest BCUT2D eigenvalue weighted by Gasteiger charge is 2.30. The standard InChI is InChI=1S/C13H22O3Si/c1-5-15-13(14)10-12(17(2,3)4)9-11-7-6-8-16-11/h6-8,12H,5,9-10H2,1-4H3. The van der Waals surface area contributed by atoms with Gasteiger partial charge in [-0.15, -0.1) is 0 Å². The number of carbonyl (C=O) groups is 1. The Labute approximate surface area is 104 Å². The smallest absolute Gasteiger partial charge is 0.305 e. The van der Waals surface area contributed by atoms with E-state index >= 15 is 0 Å². The van der Waals surface area contributed by atoms with E-state index in [0.717, 1.165) is 12.2 Å². The van der Waals surface area contributed by atoms with Gasteiger partial charge >= 0.3 is 5.97 Å². The van der Waals surface area contributed by atoms with E-state index in [-0.39, 0.29) is 5.97 Å². The molecule has 0 spiro atoms. The van der Waals surface area contributed by atoms with Crippen molar-refractivity contribution in [1.29, 1.82) is 0 Å². The van der Waals surface area contributed by atoms with Gasteiger partial charge < -0.3 is 9.15 Å². The fourth-order valence-electron chi connectivity index (χ4n) is 1.78. The summed E-state index contributed by atoms with van der Waals surface area (Å²) in [5.41, 5.74) is 0.368. The maximum atomic E-state index is 11.6. The fraction of sp³-hybridized carbons (Fsp3) is 0.615. The minimum atomic E-state index is -1.40. The molecule has 0 radical (unpaired) electrons. The molecule has 0 bridgehead atoms. The van der Waals surface area contributed by atoms with E-state index in [2.05, 4.69) is 19.6 Å². The molecule has 1 unspecified atom stereocenters. The van der Waals surface area contributed by atoms with E-state index in [1.807, 2.05) is 19.1 Å². The molecule has 1 rings (SSSR count). The van der Waals surface area contributed by atoms with Gasteiger partial charge in [-0.05, 0) is 24.6 Å². The summed E-state index contributed by atoms with van der Waals surface area (Å²) in [4.78, 5) is 11.6. The molecular formula is C13H22O3Si. The average Bonchev–Trinajstić information content (AvgIpc) is 2.68. The number of hydrogen-bond donors (Lipinski definition) is 0. The van der Waals surface area contributed by atoms with Crippen molar-refractivity contribution in [3.05, 3.63) is 24.2 Å². The molecule has 1 aromatic heterocycles. The van der Waals surface area contributed by atoms with Crippen LogP contribution in [0.15, 0.2) is 22.8 Å². The van der Waals surface area contributed by atoms with Crippen molar-refractivity contribution in [3.63, 3.8) is 0 Å². The highest BCUT2D eigenvalue weighted by Crippen LogP contribution is 2.30. The van der Waals surface area contributed by atoms with E-state index < -0.39 is 8.07 Å². The SMILES string of the molecule is CCOC(=O)CC(Cc1ccco1)[Si](C)(C)C. The van der Waals surface area contributed by atoms with Gasteiger partial charge in [-0.2, -0.15) is 0 Å². The maximum absolute atomic E-state index is 11.6. The molecule has 4 heteroatoms. The molecule has 0 fully saturated rings. The third-order valence-corrected chi connectivity index (χ3v) is 5.83. The summed E-state index contributed by atoms with van der Waals surface area (Å²) < 4.78 is 10.4. The summed E-state index contributed by atoms with van der Waals surface area (Å²) >= 11 is 0. The molecule has 0 saturated heterocycles. The molecule has 0 aromatic carbocycles. The summed E-state index contributed by atoms with van der Waals surface area (Å²) in [6.45, 7) is 9.13. The van der Waals surface area contributed by atoms with E-state index in [1.54, 1.807) is 6.26 Å². The first-order valence-corrected chi connectivity index (χ1v) is 9.69. The van der Waals surface area contributed by atoms with Crippen LogP contribution in [0.5, 0.6) is 0 Å². The highest BCUT2D eigenvalue weighted by atomic mass is 28.3. The van der Waals surface area contributed by atoms with Crippen LogP contribution in [0.2, 0.25) is 25.2 Å². The predicted octanol–water partition coefficient (Wildman–Crippen LogP) is 3.48. The third kappa shape index (κ3) is 4.77. The lowest BCUT2D eigenvalue weighted by Crippen LogP contribution is -2.31. The summed E-state index contributed by atoms with van der Waals surface area (Å²) in [7, 11) is -1.40. The second-order valence-corrected chi connectivity index (χ2v) is 10.9. The zero-order chi connectivity index (χ0) is 12.9. The quantitative estimate of drug-likeness (QED) is 0.576. The van der Waals surface area contributed by atoms with Gasteiger partial charge in [-0.25, -0.2) is 0 Å². The monoisotopic (exact) mass is 254 g/mol. The Hall–Kier alpha value is -1.03. The van der Waals surface area contributed by atoms with Gasteiger partial charge in [0.1, 0.15) is 5.76 Å². The van der Waals surface area contributed by atoms with Crippen LogP contribution in [-0.2, 0) is 16.0 Å². The molecule has 0 aliphatic carbocycles. The minimum Gasteiger partial charge on any atom is -0.469 e. The van der Waals surface area contributed by atoms with Gasteiger partial charge in [-0.3, -0.25) is 4.79 Å². The maximum Gasteiger partial charge on any atom is 0.305 e. The molecular weight excluding hydrogens is 232 g/mol. The molecule has 0 saturated carbocycles. The number of esters is 1. The molecule has 0 amide bonds. The van der Waals surface area contributed by atoms with Crippen molar-refractivity contribution >= 4 is 14.0 Å². The van der Waals surface area contributed by atoms with Crippen LogP contribution in [0, 0.1) is 0 Å². The number of carbonyl (C=O) groups excluding carboxylic acids is 1. The summed E-state index contributed by atoms with van der Waals surface area (Å²) in [6.07, 6.45) is 3.02. The van der Waals surface area contributed by atoms with E-state index in [1.165, 1.54) is 0 Å². The fourth-order valence-corrected chi connectivity index (χ4v) is 3.37. The average molecular weight is 254 g/mol. The normalized spacial score (nSPS) is 13.4. The van der Waals surface area contributed by atoms with Crippen LogP contribution in [0.4, 0.5) is 0 Å². The number of ether oxygens (including phenoxy) is 1. The molecule has 1 heterocycles. The van der Waals surface area contributed by atoms with Gasteiger partial charge in [0.05, 0.1) is 12.9 Å². The van der Waals surface area contributed by atoms with Gasteiger partial charge in [0.15, 0.2) is 0 Å². The Morgan fingerprint density at radius 2 is 2.18 bits per heavy atom. The lowest BCUT2D eigenvalue weighted by atomic mass is 10.2. The summed E-state index contributed by atoms with van der Waals surface area (Å²) in [5.74, 6) is 0.869. The van der Waals surface area contributed by atoms with E-state index in [4.69, 9.17) is 9.15 Å². The molecule has 0 N–H and O–H groups in total. The number of hydrogen-bond acceptors (Lipinski definition) is 3. The third-order valence-electron chi connectivity index (χ3n) is 2.97. The topological polar surface area (TPSA) is 39.4 Å². The van der Waals surface area contributed by atoms with Crippen LogP contribution in [0.3, 0.4) is 0 Å². The zero-order valence-corrected chi connectivity index (χ0v) is 12.2. The summed E-state index contributed by atoms with van der Waals surface area (Å²) in [5, 5.41) is 0. The van der Waals surface area contributed by atoms with Gasteiger partial charge in [-0.1, -0.05) is 19.6 Å². The first-order chi connectivity index (χ1) is 7.93. The minimum absolute atomic E-state index is 0.0912. The second-order valence-electron chi connectivity index (χ2n) is 5.36. The predicted molar refractivity (Wildman–Crippen MR) is 70.8 cm³/mol. The lowest BCUT2D eigenvalue weighted by Gasteiger charge is -2.27. The first-order valence-electron chi connectivity index (χ1n) is 6.11. The Balaban J connectivity index is 2.65. The lowest BCUT2D eigenvalue weighted by molar-refractivity contribution is -0.143. The number of rotatable bonds is 6. The van der Waals surface area contributed by atoms with Crippen LogP contribution in [-0.4, -0.2) is 20.7 Å². The summed E-state index contributed by atoms with van der Waals surface area (Å²) in [6, 6.07) is 3.86. The number of furan rings is 1. The highest BCUT2D eigenvalue weighted by molar-refractivity contribution is 6.77. The van der Waals surface area contributed by atoms with Crippen molar-refractivity contribution < 1.29 is 13.9 Å². The second kappa shape index (κ2) is 6.05. The van der Waals surface area contributed by atoms with Crippen molar-refractivity contribution in [2.75, 3.05) is 6.61 Å². The first kappa shape index (κ1) is 14.0. The molecule has 1 aromatic rings. The van der Waals surface area contributed by atoms with Crippen LogP contribution < -0.4 is 0 Å².